The van der Waals surface area contributed by atoms with Crippen LogP contribution in [0.5, 0.6) is 0 Å². The molecule has 0 atom stereocenters. The lowest BCUT2D eigenvalue weighted by Crippen LogP contribution is -2.44. The van der Waals surface area contributed by atoms with Crippen molar-refractivity contribution in [3.05, 3.63) is 35.4 Å². The van der Waals surface area contributed by atoms with E-state index in [4.69, 9.17) is 4.74 Å². The summed E-state index contributed by atoms with van der Waals surface area (Å²) in [5.41, 5.74) is 0.984. The molecule has 0 radical (unpaired) electrons. The lowest BCUT2D eigenvalue weighted by atomic mass is 10.0. The predicted octanol–water partition coefficient (Wildman–Crippen LogP) is 1.75. The number of carbonyl (C=O) groups is 1. The molecule has 0 aliphatic heterocycles. The molecular formula is C15H21NO3. The lowest BCUT2D eigenvalue weighted by Gasteiger charge is -2.20. The number of methoxy groups -OCH3 is 1. The number of carbonyl (C=O) groups excluding carboxylic acids is 1. The molecule has 19 heavy (non-hydrogen) atoms. The van der Waals surface area contributed by atoms with Crippen molar-refractivity contribution in [3.8, 4) is 0 Å². The summed E-state index contributed by atoms with van der Waals surface area (Å²) in [7, 11) is 1.66. The second-order valence-electron chi connectivity index (χ2n) is 5.17. The molecule has 1 aliphatic rings. The Bertz CT molecular complexity index is 422. The largest absolute Gasteiger partial charge is 0.380 e. The molecule has 2 rings (SSSR count). The Morgan fingerprint density at radius 1 is 1.26 bits per heavy atom. The number of amides is 1. The minimum absolute atomic E-state index is 0.244. The van der Waals surface area contributed by atoms with Gasteiger partial charge in [-0.2, -0.15) is 0 Å². The average Bonchev–Trinajstić information content (AvgIpc) is 2.86. The summed E-state index contributed by atoms with van der Waals surface area (Å²) >= 11 is 0. The van der Waals surface area contributed by atoms with Gasteiger partial charge in [-0.3, -0.25) is 4.79 Å². The monoisotopic (exact) mass is 263 g/mol. The minimum Gasteiger partial charge on any atom is -0.380 e. The maximum absolute atomic E-state index is 11.9. The normalized spacial score (nSPS) is 17.4. The Hall–Kier alpha value is -1.39. The molecule has 1 amide bonds. The van der Waals surface area contributed by atoms with E-state index in [1.165, 1.54) is 0 Å². The van der Waals surface area contributed by atoms with E-state index in [0.717, 1.165) is 24.0 Å². The first kappa shape index (κ1) is 14.0. The number of hydrogen-bond donors (Lipinski definition) is 2. The Morgan fingerprint density at radius 2 is 1.84 bits per heavy atom. The number of ether oxygens (including phenoxy) is 1. The molecule has 0 heterocycles. The molecule has 1 aromatic carbocycles. The van der Waals surface area contributed by atoms with Crippen molar-refractivity contribution in [2.45, 2.75) is 44.4 Å². The Labute approximate surface area is 113 Å². The van der Waals surface area contributed by atoms with Crippen molar-refractivity contribution in [1.29, 1.82) is 0 Å². The highest BCUT2D eigenvalue weighted by Crippen LogP contribution is 2.29. The van der Waals surface area contributed by atoms with Gasteiger partial charge >= 0.3 is 0 Å². The molecule has 0 saturated heterocycles. The minimum atomic E-state index is -1.14. The second-order valence-corrected chi connectivity index (χ2v) is 5.17. The van der Waals surface area contributed by atoms with Gasteiger partial charge in [0, 0.05) is 13.7 Å². The molecule has 104 valence electrons. The van der Waals surface area contributed by atoms with E-state index in [1.807, 2.05) is 24.3 Å². The Kier molecular flexibility index (Phi) is 4.56. The zero-order valence-electron chi connectivity index (χ0n) is 11.3. The van der Waals surface area contributed by atoms with Gasteiger partial charge in [0.15, 0.2) is 0 Å². The van der Waals surface area contributed by atoms with E-state index in [9.17, 15) is 9.90 Å². The number of rotatable bonds is 5. The molecular weight excluding hydrogens is 242 g/mol. The third kappa shape index (κ3) is 3.55. The first-order valence-corrected chi connectivity index (χ1v) is 6.71. The molecule has 4 heteroatoms. The summed E-state index contributed by atoms with van der Waals surface area (Å²) in [6, 6.07) is 7.89. The number of aliphatic hydroxyl groups is 1. The second kappa shape index (κ2) is 6.17. The van der Waals surface area contributed by atoms with Crippen LogP contribution in [0.2, 0.25) is 0 Å². The summed E-state index contributed by atoms with van der Waals surface area (Å²) in [4.78, 5) is 11.9. The van der Waals surface area contributed by atoms with Crippen LogP contribution >= 0.6 is 0 Å². The number of benzene rings is 1. The summed E-state index contributed by atoms with van der Waals surface area (Å²) in [6.45, 7) is 1.04. The fraction of sp³-hybridized carbons (Fsp3) is 0.533. The van der Waals surface area contributed by atoms with Crippen molar-refractivity contribution in [2.75, 3.05) is 7.11 Å². The average molecular weight is 263 g/mol. The Morgan fingerprint density at radius 3 is 2.42 bits per heavy atom. The fourth-order valence-electron chi connectivity index (χ4n) is 2.45. The summed E-state index contributed by atoms with van der Waals surface area (Å²) in [5, 5.41) is 12.9. The summed E-state index contributed by atoms with van der Waals surface area (Å²) in [6.07, 6.45) is 3.00. The molecule has 1 aromatic rings. The van der Waals surface area contributed by atoms with Gasteiger partial charge in [0.05, 0.1) is 6.61 Å². The van der Waals surface area contributed by atoms with E-state index in [2.05, 4.69) is 5.32 Å². The van der Waals surface area contributed by atoms with Crippen LogP contribution in [0.25, 0.3) is 0 Å². The van der Waals surface area contributed by atoms with Crippen molar-refractivity contribution in [2.24, 2.45) is 0 Å². The van der Waals surface area contributed by atoms with Crippen LogP contribution < -0.4 is 5.32 Å². The standard InChI is InChI=1S/C15H21NO3/c1-19-11-13-6-4-12(5-7-13)10-16-14(17)15(18)8-2-3-9-15/h4-7,18H,2-3,8-11H2,1H3,(H,16,17). The zero-order valence-corrected chi connectivity index (χ0v) is 11.3. The number of nitrogens with one attached hydrogen (secondary N) is 1. The van der Waals surface area contributed by atoms with E-state index in [1.54, 1.807) is 7.11 Å². The molecule has 1 aliphatic carbocycles. The van der Waals surface area contributed by atoms with Gasteiger partial charge in [0.25, 0.3) is 5.91 Å². The van der Waals surface area contributed by atoms with Gasteiger partial charge in [0.2, 0.25) is 0 Å². The van der Waals surface area contributed by atoms with Crippen LogP contribution in [-0.2, 0) is 22.7 Å². The molecule has 1 fully saturated rings. The highest BCUT2D eigenvalue weighted by molar-refractivity contribution is 5.85. The molecule has 0 bridgehead atoms. The highest BCUT2D eigenvalue weighted by Gasteiger charge is 2.38. The zero-order chi connectivity index (χ0) is 13.7. The van der Waals surface area contributed by atoms with E-state index < -0.39 is 5.60 Å². The van der Waals surface area contributed by atoms with Gasteiger partial charge in [-0.25, -0.2) is 0 Å². The quantitative estimate of drug-likeness (QED) is 0.851. The molecule has 0 spiro atoms. The van der Waals surface area contributed by atoms with Crippen molar-refractivity contribution >= 4 is 5.91 Å². The topological polar surface area (TPSA) is 58.6 Å². The third-order valence-corrected chi connectivity index (χ3v) is 3.64. The Balaban J connectivity index is 1.86. The van der Waals surface area contributed by atoms with Crippen LogP contribution in [0.15, 0.2) is 24.3 Å². The van der Waals surface area contributed by atoms with Gasteiger partial charge < -0.3 is 15.2 Å². The molecule has 4 nitrogen and oxygen atoms in total. The van der Waals surface area contributed by atoms with Crippen LogP contribution in [0.4, 0.5) is 0 Å². The molecule has 2 N–H and O–H groups in total. The van der Waals surface area contributed by atoms with Crippen molar-refractivity contribution < 1.29 is 14.6 Å². The fourth-order valence-corrected chi connectivity index (χ4v) is 2.45. The lowest BCUT2D eigenvalue weighted by molar-refractivity contribution is -0.139. The molecule has 1 saturated carbocycles. The first-order valence-electron chi connectivity index (χ1n) is 6.71. The number of hydrogen-bond acceptors (Lipinski definition) is 3. The molecule has 0 unspecified atom stereocenters. The van der Waals surface area contributed by atoms with Crippen LogP contribution in [0.1, 0.15) is 36.8 Å². The summed E-state index contributed by atoms with van der Waals surface area (Å²) in [5.74, 6) is -0.244. The van der Waals surface area contributed by atoms with E-state index >= 15 is 0 Å². The van der Waals surface area contributed by atoms with Crippen LogP contribution in [0, 0.1) is 0 Å². The smallest absolute Gasteiger partial charge is 0.252 e. The van der Waals surface area contributed by atoms with Gasteiger partial charge in [-0.15, -0.1) is 0 Å². The van der Waals surface area contributed by atoms with Crippen molar-refractivity contribution in [1.82, 2.24) is 5.32 Å². The predicted molar refractivity (Wildman–Crippen MR) is 72.4 cm³/mol. The van der Waals surface area contributed by atoms with E-state index in [0.29, 0.717) is 26.0 Å². The van der Waals surface area contributed by atoms with E-state index in [-0.39, 0.29) is 5.91 Å². The first-order chi connectivity index (χ1) is 9.14. The van der Waals surface area contributed by atoms with Crippen LogP contribution in [-0.4, -0.2) is 23.7 Å². The maximum atomic E-state index is 11.9. The summed E-state index contributed by atoms with van der Waals surface area (Å²) < 4.78 is 5.04. The maximum Gasteiger partial charge on any atom is 0.252 e. The third-order valence-electron chi connectivity index (χ3n) is 3.64. The molecule has 0 aromatic heterocycles. The van der Waals surface area contributed by atoms with Gasteiger partial charge in [-0.1, -0.05) is 24.3 Å². The highest BCUT2D eigenvalue weighted by atomic mass is 16.5. The SMILES string of the molecule is COCc1ccc(CNC(=O)C2(O)CCCC2)cc1. The van der Waals surface area contributed by atoms with Gasteiger partial charge in [0.1, 0.15) is 5.60 Å². The van der Waals surface area contributed by atoms with Gasteiger partial charge in [-0.05, 0) is 36.8 Å². The van der Waals surface area contributed by atoms with Crippen molar-refractivity contribution in [3.63, 3.8) is 0 Å². The van der Waals surface area contributed by atoms with Crippen LogP contribution in [0.3, 0.4) is 0 Å².